The van der Waals surface area contributed by atoms with Crippen LogP contribution in [0.2, 0.25) is 0 Å². The summed E-state index contributed by atoms with van der Waals surface area (Å²) in [4.78, 5) is 17.1. The van der Waals surface area contributed by atoms with Crippen molar-refractivity contribution >= 4 is 44.6 Å². The number of hydrogen-bond acceptors (Lipinski definition) is 6. The summed E-state index contributed by atoms with van der Waals surface area (Å²) in [6.07, 6.45) is 1.69. The predicted octanol–water partition coefficient (Wildman–Crippen LogP) is 4.81. The molecular formula is C18H14BrN3O2S. The first-order chi connectivity index (χ1) is 12.2. The van der Waals surface area contributed by atoms with Crippen molar-refractivity contribution in [1.82, 2.24) is 4.98 Å². The van der Waals surface area contributed by atoms with Crippen LogP contribution < -0.4 is 5.43 Å². The van der Waals surface area contributed by atoms with Crippen LogP contribution in [0.25, 0.3) is 10.4 Å². The van der Waals surface area contributed by atoms with E-state index < -0.39 is 5.97 Å². The smallest absolute Gasteiger partial charge is 0.358 e. The summed E-state index contributed by atoms with van der Waals surface area (Å²) < 4.78 is 5.84. The molecule has 3 aromatic rings. The fourth-order valence-corrected chi connectivity index (χ4v) is 3.27. The molecule has 0 spiro atoms. The molecule has 25 heavy (non-hydrogen) atoms. The van der Waals surface area contributed by atoms with Crippen molar-refractivity contribution < 1.29 is 9.53 Å². The molecule has 0 aliphatic rings. The van der Waals surface area contributed by atoms with Crippen molar-refractivity contribution in [2.45, 2.75) is 0 Å². The highest BCUT2D eigenvalue weighted by Gasteiger charge is 2.19. The predicted molar refractivity (Wildman–Crippen MR) is 104 cm³/mol. The van der Waals surface area contributed by atoms with Gasteiger partial charge in [0.05, 0.1) is 18.2 Å². The summed E-state index contributed by atoms with van der Waals surface area (Å²) >= 11 is 4.74. The van der Waals surface area contributed by atoms with Crippen LogP contribution in [0, 0.1) is 0 Å². The van der Waals surface area contributed by atoms with E-state index in [2.05, 4.69) is 31.4 Å². The molecule has 1 heterocycles. The normalized spacial score (nSPS) is 10.8. The molecule has 5 nitrogen and oxygen atoms in total. The van der Waals surface area contributed by atoms with Crippen LogP contribution in [0.15, 0.2) is 64.2 Å². The number of carbonyl (C=O) groups excluding carboxylic acids is 1. The lowest BCUT2D eigenvalue weighted by Crippen LogP contribution is -2.03. The van der Waals surface area contributed by atoms with E-state index in [1.807, 2.05) is 54.6 Å². The number of halogens is 1. The zero-order valence-corrected chi connectivity index (χ0v) is 15.7. The highest BCUT2D eigenvalue weighted by atomic mass is 79.9. The quantitative estimate of drug-likeness (QED) is 0.369. The maximum absolute atomic E-state index is 12.0. The third-order valence-corrected chi connectivity index (χ3v) is 4.82. The van der Waals surface area contributed by atoms with E-state index in [9.17, 15) is 4.79 Å². The van der Waals surface area contributed by atoms with Crippen molar-refractivity contribution in [2.24, 2.45) is 5.10 Å². The Morgan fingerprint density at radius 3 is 2.60 bits per heavy atom. The van der Waals surface area contributed by atoms with E-state index in [0.29, 0.717) is 5.13 Å². The van der Waals surface area contributed by atoms with Crippen LogP contribution in [0.4, 0.5) is 5.13 Å². The summed E-state index contributed by atoms with van der Waals surface area (Å²) in [5.41, 5.74) is 5.01. The standard InChI is InChI=1S/C18H14BrN3O2S/c1-24-17(23)15-16(13-5-3-2-4-6-13)25-18(21-15)22-20-11-12-7-9-14(19)10-8-12/h2-11H,1H3,(H,21,22)/b20-11-. The van der Waals surface area contributed by atoms with Crippen molar-refractivity contribution in [3.05, 3.63) is 70.3 Å². The highest BCUT2D eigenvalue weighted by Crippen LogP contribution is 2.33. The first-order valence-electron chi connectivity index (χ1n) is 7.36. The van der Waals surface area contributed by atoms with Crippen molar-refractivity contribution in [1.29, 1.82) is 0 Å². The van der Waals surface area contributed by atoms with Crippen molar-refractivity contribution in [2.75, 3.05) is 12.5 Å². The van der Waals surface area contributed by atoms with Gasteiger partial charge in [0, 0.05) is 4.47 Å². The van der Waals surface area contributed by atoms with Gasteiger partial charge in [0.2, 0.25) is 5.13 Å². The molecule has 0 saturated carbocycles. The monoisotopic (exact) mass is 415 g/mol. The number of methoxy groups -OCH3 is 1. The van der Waals surface area contributed by atoms with Gasteiger partial charge in [0.25, 0.3) is 0 Å². The lowest BCUT2D eigenvalue weighted by atomic mass is 10.1. The molecule has 3 rings (SSSR count). The van der Waals surface area contributed by atoms with E-state index in [1.165, 1.54) is 18.4 Å². The van der Waals surface area contributed by atoms with Gasteiger partial charge in [0.15, 0.2) is 5.69 Å². The van der Waals surface area contributed by atoms with E-state index in [0.717, 1.165) is 20.5 Å². The number of aromatic nitrogens is 1. The molecule has 0 radical (unpaired) electrons. The molecule has 2 aromatic carbocycles. The average molecular weight is 416 g/mol. The minimum absolute atomic E-state index is 0.278. The largest absolute Gasteiger partial charge is 0.464 e. The second kappa shape index (κ2) is 8.04. The Morgan fingerprint density at radius 1 is 1.20 bits per heavy atom. The van der Waals surface area contributed by atoms with Gasteiger partial charge >= 0.3 is 5.97 Å². The molecule has 0 unspecified atom stereocenters. The Morgan fingerprint density at radius 2 is 1.92 bits per heavy atom. The van der Waals surface area contributed by atoms with Gasteiger partial charge < -0.3 is 4.74 Å². The number of nitrogens with zero attached hydrogens (tertiary/aromatic N) is 2. The number of carbonyl (C=O) groups is 1. The molecule has 0 aliphatic heterocycles. The van der Waals surface area contributed by atoms with Crippen LogP contribution in [0.1, 0.15) is 16.1 Å². The molecule has 1 aromatic heterocycles. The van der Waals surface area contributed by atoms with Crippen LogP contribution in [-0.2, 0) is 4.74 Å². The average Bonchev–Trinajstić information content (AvgIpc) is 3.08. The molecule has 0 bridgehead atoms. The Kier molecular flexibility index (Phi) is 5.57. The van der Waals surface area contributed by atoms with E-state index in [1.54, 1.807) is 6.21 Å². The fourth-order valence-electron chi connectivity index (χ4n) is 2.10. The highest BCUT2D eigenvalue weighted by molar-refractivity contribution is 9.10. The van der Waals surface area contributed by atoms with Gasteiger partial charge in [-0.3, -0.25) is 5.43 Å². The first-order valence-corrected chi connectivity index (χ1v) is 8.97. The Bertz CT molecular complexity index is 892. The van der Waals surface area contributed by atoms with Crippen molar-refractivity contribution in [3.8, 4) is 10.4 Å². The maximum Gasteiger partial charge on any atom is 0.358 e. The van der Waals surface area contributed by atoms with Gasteiger partial charge in [-0.15, -0.1) is 0 Å². The van der Waals surface area contributed by atoms with Crippen LogP contribution >= 0.6 is 27.3 Å². The number of hydrogen-bond donors (Lipinski definition) is 1. The summed E-state index contributed by atoms with van der Waals surface area (Å²) in [5, 5.41) is 4.70. The number of esters is 1. The SMILES string of the molecule is COC(=O)c1nc(N/N=C\c2ccc(Br)cc2)sc1-c1ccccc1. The van der Waals surface area contributed by atoms with Crippen molar-refractivity contribution in [3.63, 3.8) is 0 Å². The second-order valence-corrected chi connectivity index (χ2v) is 6.89. The second-order valence-electron chi connectivity index (χ2n) is 4.98. The van der Waals surface area contributed by atoms with E-state index in [-0.39, 0.29) is 5.69 Å². The van der Waals surface area contributed by atoms with Crippen LogP contribution in [-0.4, -0.2) is 24.3 Å². The summed E-state index contributed by atoms with van der Waals surface area (Å²) in [6.45, 7) is 0. The zero-order valence-electron chi connectivity index (χ0n) is 13.3. The number of anilines is 1. The molecule has 0 aliphatic carbocycles. The van der Waals surface area contributed by atoms with E-state index in [4.69, 9.17) is 4.74 Å². The van der Waals surface area contributed by atoms with Gasteiger partial charge in [-0.2, -0.15) is 5.10 Å². The summed E-state index contributed by atoms with van der Waals surface area (Å²) in [7, 11) is 1.34. The Hall–Kier alpha value is -2.51. The lowest BCUT2D eigenvalue weighted by Gasteiger charge is -1.99. The minimum Gasteiger partial charge on any atom is -0.464 e. The molecule has 1 N–H and O–H groups in total. The molecule has 0 atom stereocenters. The molecule has 7 heteroatoms. The van der Waals surface area contributed by atoms with E-state index >= 15 is 0 Å². The number of nitrogens with one attached hydrogen (secondary N) is 1. The van der Waals surface area contributed by atoms with Crippen LogP contribution in [0.5, 0.6) is 0 Å². The molecule has 0 amide bonds. The number of rotatable bonds is 5. The summed E-state index contributed by atoms with van der Waals surface area (Å²) in [5.74, 6) is -0.472. The maximum atomic E-state index is 12.0. The number of hydrazone groups is 1. The summed E-state index contributed by atoms with van der Waals surface area (Å²) in [6, 6.07) is 17.3. The molecule has 126 valence electrons. The molecular weight excluding hydrogens is 402 g/mol. The number of ether oxygens (including phenoxy) is 1. The van der Waals surface area contributed by atoms with Gasteiger partial charge in [-0.25, -0.2) is 9.78 Å². The Labute approximate surface area is 157 Å². The molecule has 0 saturated heterocycles. The third-order valence-electron chi connectivity index (χ3n) is 3.29. The lowest BCUT2D eigenvalue weighted by molar-refractivity contribution is 0.0596. The fraction of sp³-hybridized carbons (Fsp3) is 0.0556. The zero-order chi connectivity index (χ0) is 17.6. The van der Waals surface area contributed by atoms with Gasteiger partial charge in [0.1, 0.15) is 0 Å². The minimum atomic E-state index is -0.472. The van der Waals surface area contributed by atoms with Gasteiger partial charge in [-0.1, -0.05) is 69.7 Å². The molecule has 0 fully saturated rings. The van der Waals surface area contributed by atoms with Crippen LogP contribution in [0.3, 0.4) is 0 Å². The number of benzene rings is 2. The topological polar surface area (TPSA) is 63.6 Å². The number of thiazole rings is 1. The third kappa shape index (κ3) is 4.32. The Balaban J connectivity index is 1.83. The first kappa shape index (κ1) is 17.3. The van der Waals surface area contributed by atoms with Gasteiger partial charge in [-0.05, 0) is 23.3 Å².